The van der Waals surface area contributed by atoms with Gasteiger partial charge in [-0.05, 0) is 38.3 Å². The maximum atomic E-state index is 12.8. The third-order valence-electron chi connectivity index (χ3n) is 5.56. The molecule has 2 saturated heterocycles. The molecule has 1 N–H and O–H groups in total. The van der Waals surface area contributed by atoms with Crippen LogP contribution in [0.15, 0.2) is 35.4 Å². The van der Waals surface area contributed by atoms with Gasteiger partial charge in [-0.25, -0.2) is 4.98 Å². The Morgan fingerprint density at radius 3 is 2.77 bits per heavy atom. The molecule has 2 aromatic rings. The predicted octanol–water partition coefficient (Wildman–Crippen LogP) is 1.23. The monoisotopic (exact) mass is 357 g/mol. The Labute approximate surface area is 151 Å². The van der Waals surface area contributed by atoms with E-state index in [0.717, 1.165) is 0 Å². The van der Waals surface area contributed by atoms with Crippen LogP contribution in [0, 0.1) is 0 Å². The van der Waals surface area contributed by atoms with E-state index >= 15 is 0 Å². The molecule has 7 nitrogen and oxygen atoms in total. The molecule has 1 atom stereocenters. The topological polar surface area (TPSA) is 84.1 Å². The molecular weight excluding hydrogens is 334 g/mol. The van der Waals surface area contributed by atoms with Crippen molar-refractivity contribution in [1.82, 2.24) is 14.3 Å². The van der Waals surface area contributed by atoms with Gasteiger partial charge >= 0.3 is 0 Å². The molecule has 0 aliphatic carbocycles. The first-order valence-corrected chi connectivity index (χ1v) is 9.01. The minimum atomic E-state index is -0.717. The van der Waals surface area contributed by atoms with Crippen LogP contribution < -0.4 is 5.56 Å². The number of aliphatic hydroxyl groups is 1. The summed E-state index contributed by atoms with van der Waals surface area (Å²) in [5.74, 6) is -0.293. The van der Waals surface area contributed by atoms with Crippen LogP contribution in [0.1, 0.15) is 43.0 Å². The van der Waals surface area contributed by atoms with Crippen molar-refractivity contribution in [2.24, 2.45) is 0 Å². The number of ether oxygens (including phenoxy) is 1. The minimum Gasteiger partial charge on any atom is -0.390 e. The highest BCUT2D eigenvalue weighted by atomic mass is 16.5. The molecule has 7 heteroatoms. The molecule has 26 heavy (non-hydrogen) atoms. The smallest absolute Gasteiger partial charge is 0.270 e. The van der Waals surface area contributed by atoms with E-state index in [1.165, 1.54) is 10.6 Å². The highest BCUT2D eigenvalue weighted by Gasteiger charge is 2.45. The van der Waals surface area contributed by atoms with E-state index < -0.39 is 5.60 Å². The number of amides is 1. The van der Waals surface area contributed by atoms with Crippen molar-refractivity contribution < 1.29 is 14.6 Å². The summed E-state index contributed by atoms with van der Waals surface area (Å²) >= 11 is 0. The fraction of sp³-hybridized carbons (Fsp3) is 0.526. The van der Waals surface area contributed by atoms with E-state index in [1.807, 2.05) is 6.92 Å². The summed E-state index contributed by atoms with van der Waals surface area (Å²) in [7, 11) is 0. The Morgan fingerprint density at radius 2 is 2.04 bits per heavy atom. The highest BCUT2D eigenvalue weighted by molar-refractivity contribution is 5.93. The Hall–Kier alpha value is -2.25. The number of fused-ring (bicyclic) bond motifs is 1. The molecule has 2 aromatic heterocycles. The molecule has 2 fully saturated rings. The zero-order chi connectivity index (χ0) is 18.4. The maximum absolute atomic E-state index is 12.8. The van der Waals surface area contributed by atoms with Gasteiger partial charge in [-0.3, -0.25) is 14.0 Å². The average Bonchev–Trinajstić information content (AvgIpc) is 2.61. The van der Waals surface area contributed by atoms with Gasteiger partial charge in [0.2, 0.25) is 0 Å². The second-order valence-electron chi connectivity index (χ2n) is 7.65. The first-order valence-electron chi connectivity index (χ1n) is 9.01. The fourth-order valence-electron chi connectivity index (χ4n) is 4.10. The van der Waals surface area contributed by atoms with Crippen LogP contribution in [0.5, 0.6) is 0 Å². The Morgan fingerprint density at radius 1 is 1.27 bits per heavy atom. The van der Waals surface area contributed by atoms with Crippen molar-refractivity contribution in [2.45, 2.75) is 43.8 Å². The van der Waals surface area contributed by atoms with Crippen LogP contribution in [-0.4, -0.2) is 56.2 Å². The third kappa shape index (κ3) is 3.01. The van der Waals surface area contributed by atoms with Crippen LogP contribution in [0.2, 0.25) is 0 Å². The molecule has 1 spiro atoms. The van der Waals surface area contributed by atoms with Gasteiger partial charge in [-0.15, -0.1) is 0 Å². The van der Waals surface area contributed by atoms with Crippen molar-refractivity contribution in [3.05, 3.63) is 46.5 Å². The van der Waals surface area contributed by atoms with Crippen LogP contribution >= 0.6 is 0 Å². The average molecular weight is 357 g/mol. The van der Waals surface area contributed by atoms with Crippen molar-refractivity contribution in [3.63, 3.8) is 0 Å². The number of hydrogen-bond donors (Lipinski definition) is 1. The van der Waals surface area contributed by atoms with Gasteiger partial charge in [0.05, 0.1) is 17.8 Å². The molecule has 2 aliphatic heterocycles. The normalized spacial score (nSPS) is 25.5. The lowest BCUT2D eigenvalue weighted by molar-refractivity contribution is -0.170. The lowest BCUT2D eigenvalue weighted by Crippen LogP contribution is -2.54. The lowest BCUT2D eigenvalue weighted by atomic mass is 9.78. The Bertz CT molecular complexity index is 897. The standard InChI is InChI=1S/C19H23N3O4/c1-18(25)7-11-26-19(13-18)5-9-21(10-6-19)16(23)14-12-20-15-4-2-3-8-22(15)17(14)24/h2-4,8,12,25H,5-7,9-11,13H2,1H3. The number of likely N-dealkylation sites (tertiary alicyclic amines) is 1. The molecule has 0 bridgehead atoms. The maximum Gasteiger partial charge on any atom is 0.270 e. The van der Waals surface area contributed by atoms with Gasteiger partial charge in [-0.2, -0.15) is 0 Å². The first-order chi connectivity index (χ1) is 12.4. The zero-order valence-electron chi connectivity index (χ0n) is 14.9. The SMILES string of the molecule is CC1(O)CCOC2(CCN(C(=O)c3cnc4ccccn4c3=O)CC2)C1. The molecule has 4 rings (SSSR count). The van der Waals surface area contributed by atoms with E-state index in [2.05, 4.69) is 4.98 Å². The molecule has 2 aliphatic rings. The Kier molecular flexibility index (Phi) is 4.08. The predicted molar refractivity (Wildman–Crippen MR) is 95.1 cm³/mol. The largest absolute Gasteiger partial charge is 0.390 e. The van der Waals surface area contributed by atoms with E-state index in [-0.39, 0.29) is 22.6 Å². The lowest BCUT2D eigenvalue weighted by Gasteiger charge is -2.48. The fourth-order valence-corrected chi connectivity index (χ4v) is 4.10. The third-order valence-corrected chi connectivity index (χ3v) is 5.56. The summed E-state index contributed by atoms with van der Waals surface area (Å²) in [4.78, 5) is 31.4. The second-order valence-corrected chi connectivity index (χ2v) is 7.65. The first kappa shape index (κ1) is 17.2. The molecule has 0 saturated carbocycles. The van der Waals surface area contributed by atoms with E-state index in [4.69, 9.17) is 4.74 Å². The summed E-state index contributed by atoms with van der Waals surface area (Å²) < 4.78 is 7.37. The van der Waals surface area contributed by atoms with Crippen molar-refractivity contribution in [1.29, 1.82) is 0 Å². The molecule has 0 aromatic carbocycles. The van der Waals surface area contributed by atoms with Crippen LogP contribution in [0.4, 0.5) is 0 Å². The summed E-state index contributed by atoms with van der Waals surface area (Å²) in [6.07, 6.45) is 5.53. The number of hydrogen-bond acceptors (Lipinski definition) is 5. The van der Waals surface area contributed by atoms with Gasteiger partial charge in [0.25, 0.3) is 11.5 Å². The molecule has 138 valence electrons. The van der Waals surface area contributed by atoms with Gasteiger partial charge < -0.3 is 14.7 Å². The van der Waals surface area contributed by atoms with Crippen LogP contribution in [-0.2, 0) is 4.74 Å². The molecular formula is C19H23N3O4. The zero-order valence-corrected chi connectivity index (χ0v) is 14.9. The number of nitrogens with zero attached hydrogens (tertiary/aromatic N) is 3. The van der Waals surface area contributed by atoms with Crippen LogP contribution in [0.25, 0.3) is 5.65 Å². The second kappa shape index (κ2) is 6.17. The van der Waals surface area contributed by atoms with Crippen molar-refractivity contribution in [2.75, 3.05) is 19.7 Å². The summed E-state index contributed by atoms with van der Waals surface area (Å²) in [5.41, 5.74) is -0.829. The summed E-state index contributed by atoms with van der Waals surface area (Å²) in [6, 6.07) is 5.26. The number of piperidine rings is 1. The number of pyridine rings is 1. The van der Waals surface area contributed by atoms with Gasteiger partial charge in [0, 0.05) is 31.9 Å². The van der Waals surface area contributed by atoms with Crippen LogP contribution in [0.3, 0.4) is 0 Å². The minimum absolute atomic E-state index is 0.0845. The molecule has 1 amide bonds. The van der Waals surface area contributed by atoms with Crippen molar-refractivity contribution >= 4 is 11.6 Å². The van der Waals surface area contributed by atoms with Crippen molar-refractivity contribution in [3.8, 4) is 0 Å². The summed E-state index contributed by atoms with van der Waals surface area (Å²) in [6.45, 7) is 3.39. The number of carbonyl (C=O) groups is 1. The number of rotatable bonds is 1. The van der Waals surface area contributed by atoms with Gasteiger partial charge in [-0.1, -0.05) is 6.07 Å². The Balaban J connectivity index is 1.52. The van der Waals surface area contributed by atoms with E-state index in [1.54, 1.807) is 29.3 Å². The number of carbonyl (C=O) groups excluding carboxylic acids is 1. The summed E-state index contributed by atoms with van der Waals surface area (Å²) in [5, 5.41) is 10.4. The van der Waals surface area contributed by atoms with Gasteiger partial charge in [0.15, 0.2) is 0 Å². The highest BCUT2D eigenvalue weighted by Crippen LogP contribution is 2.39. The molecule has 4 heterocycles. The van der Waals surface area contributed by atoms with Gasteiger partial charge in [0.1, 0.15) is 11.2 Å². The van der Waals surface area contributed by atoms with E-state index in [0.29, 0.717) is 51.0 Å². The molecule has 0 radical (unpaired) electrons. The number of aromatic nitrogens is 2. The quantitative estimate of drug-likeness (QED) is 0.830. The molecule has 1 unspecified atom stereocenters. The van der Waals surface area contributed by atoms with E-state index in [9.17, 15) is 14.7 Å².